The van der Waals surface area contributed by atoms with Gasteiger partial charge in [-0.3, -0.25) is 0 Å². The Morgan fingerprint density at radius 2 is 1.78 bits per heavy atom. The summed E-state index contributed by atoms with van der Waals surface area (Å²) in [5.74, 6) is 0.953. The van der Waals surface area contributed by atoms with Crippen LogP contribution in [0.2, 0.25) is 0 Å². The molecule has 1 N–H and O–H groups in total. The summed E-state index contributed by atoms with van der Waals surface area (Å²) in [7, 11) is 0. The van der Waals surface area contributed by atoms with Crippen LogP contribution < -0.4 is 10.1 Å². The molecule has 2 aromatic rings. The third-order valence-electron chi connectivity index (χ3n) is 3.50. The van der Waals surface area contributed by atoms with E-state index in [9.17, 15) is 0 Å². The van der Waals surface area contributed by atoms with Gasteiger partial charge >= 0.3 is 0 Å². The van der Waals surface area contributed by atoms with E-state index in [0.29, 0.717) is 0 Å². The van der Waals surface area contributed by atoms with Crippen molar-refractivity contribution in [1.29, 1.82) is 0 Å². The molecule has 0 amide bonds. The molecular weight excluding hydrogens is 222 g/mol. The SMILES string of the molecule is Cc1ccccc1C1CNc2c(C)cccc2O1. The molecule has 1 aliphatic rings. The number of benzene rings is 2. The molecule has 2 aromatic carbocycles. The zero-order chi connectivity index (χ0) is 12.5. The van der Waals surface area contributed by atoms with E-state index in [1.165, 1.54) is 16.7 Å². The van der Waals surface area contributed by atoms with Gasteiger partial charge in [0, 0.05) is 0 Å². The third-order valence-corrected chi connectivity index (χ3v) is 3.50. The van der Waals surface area contributed by atoms with E-state index in [2.05, 4.69) is 49.5 Å². The highest BCUT2D eigenvalue weighted by molar-refractivity contribution is 5.63. The van der Waals surface area contributed by atoms with E-state index < -0.39 is 0 Å². The van der Waals surface area contributed by atoms with E-state index in [0.717, 1.165) is 18.0 Å². The van der Waals surface area contributed by atoms with Crippen molar-refractivity contribution < 1.29 is 4.74 Å². The lowest BCUT2D eigenvalue weighted by Gasteiger charge is -2.29. The normalized spacial score (nSPS) is 17.6. The summed E-state index contributed by atoms with van der Waals surface area (Å²) in [5.41, 5.74) is 4.90. The number of anilines is 1. The van der Waals surface area contributed by atoms with E-state index in [1.54, 1.807) is 0 Å². The molecule has 2 heteroatoms. The lowest BCUT2D eigenvalue weighted by atomic mass is 10.0. The maximum atomic E-state index is 6.12. The second-order valence-corrected chi connectivity index (χ2v) is 4.79. The summed E-state index contributed by atoms with van der Waals surface area (Å²) < 4.78 is 6.12. The van der Waals surface area contributed by atoms with Crippen molar-refractivity contribution in [2.75, 3.05) is 11.9 Å². The minimum Gasteiger partial charge on any atom is -0.482 e. The highest BCUT2D eigenvalue weighted by Crippen LogP contribution is 2.36. The van der Waals surface area contributed by atoms with Crippen LogP contribution in [0.4, 0.5) is 5.69 Å². The molecule has 92 valence electrons. The van der Waals surface area contributed by atoms with Crippen molar-refractivity contribution in [3.63, 3.8) is 0 Å². The van der Waals surface area contributed by atoms with Crippen LogP contribution in [-0.2, 0) is 0 Å². The summed E-state index contributed by atoms with van der Waals surface area (Å²) in [6.07, 6.45) is 0.0977. The molecule has 1 heterocycles. The quantitative estimate of drug-likeness (QED) is 0.816. The van der Waals surface area contributed by atoms with E-state index in [4.69, 9.17) is 4.74 Å². The summed E-state index contributed by atoms with van der Waals surface area (Å²) >= 11 is 0. The first kappa shape index (κ1) is 11.1. The van der Waals surface area contributed by atoms with E-state index in [-0.39, 0.29) is 6.10 Å². The van der Waals surface area contributed by atoms with Crippen LogP contribution >= 0.6 is 0 Å². The van der Waals surface area contributed by atoms with Gasteiger partial charge in [0.15, 0.2) is 0 Å². The molecule has 0 spiro atoms. The Hall–Kier alpha value is -1.96. The van der Waals surface area contributed by atoms with Gasteiger partial charge in [0.1, 0.15) is 11.9 Å². The Morgan fingerprint density at radius 1 is 1.00 bits per heavy atom. The molecule has 3 rings (SSSR count). The first-order valence-electron chi connectivity index (χ1n) is 6.31. The van der Waals surface area contributed by atoms with Gasteiger partial charge < -0.3 is 10.1 Å². The number of ether oxygens (including phenoxy) is 1. The van der Waals surface area contributed by atoms with Crippen molar-refractivity contribution in [1.82, 2.24) is 0 Å². The Morgan fingerprint density at radius 3 is 2.61 bits per heavy atom. The van der Waals surface area contributed by atoms with Gasteiger partial charge in [-0.25, -0.2) is 0 Å². The molecule has 0 aromatic heterocycles. The van der Waals surface area contributed by atoms with Crippen molar-refractivity contribution in [3.8, 4) is 5.75 Å². The Kier molecular flexibility index (Phi) is 2.71. The molecule has 0 bridgehead atoms. The lowest BCUT2D eigenvalue weighted by Crippen LogP contribution is -2.24. The fraction of sp³-hybridized carbons (Fsp3) is 0.250. The maximum Gasteiger partial charge on any atom is 0.143 e. The fourth-order valence-corrected chi connectivity index (χ4v) is 2.48. The van der Waals surface area contributed by atoms with Gasteiger partial charge in [0.2, 0.25) is 0 Å². The first-order valence-corrected chi connectivity index (χ1v) is 6.31. The summed E-state index contributed by atoms with van der Waals surface area (Å²) in [6.45, 7) is 5.05. The van der Waals surface area contributed by atoms with Crippen LogP contribution in [0.25, 0.3) is 0 Å². The van der Waals surface area contributed by atoms with Crippen LogP contribution in [0.1, 0.15) is 22.8 Å². The number of nitrogens with one attached hydrogen (secondary N) is 1. The van der Waals surface area contributed by atoms with Crippen molar-refractivity contribution in [2.45, 2.75) is 20.0 Å². The van der Waals surface area contributed by atoms with Gasteiger partial charge in [-0.05, 0) is 36.6 Å². The number of rotatable bonds is 1. The van der Waals surface area contributed by atoms with Crippen LogP contribution in [-0.4, -0.2) is 6.54 Å². The fourth-order valence-electron chi connectivity index (χ4n) is 2.48. The number of hydrogen-bond donors (Lipinski definition) is 1. The third kappa shape index (κ3) is 1.84. The average molecular weight is 239 g/mol. The van der Waals surface area contributed by atoms with Crippen molar-refractivity contribution in [3.05, 3.63) is 59.2 Å². The first-order chi connectivity index (χ1) is 8.75. The molecule has 1 aliphatic heterocycles. The second kappa shape index (κ2) is 4.37. The van der Waals surface area contributed by atoms with Gasteiger partial charge in [0.05, 0.1) is 12.2 Å². The van der Waals surface area contributed by atoms with Crippen molar-refractivity contribution >= 4 is 5.69 Å². The summed E-state index contributed by atoms with van der Waals surface area (Å²) in [4.78, 5) is 0. The topological polar surface area (TPSA) is 21.3 Å². The van der Waals surface area contributed by atoms with Crippen LogP contribution in [0.15, 0.2) is 42.5 Å². The zero-order valence-corrected chi connectivity index (χ0v) is 10.7. The summed E-state index contributed by atoms with van der Waals surface area (Å²) in [6, 6.07) is 14.6. The smallest absolute Gasteiger partial charge is 0.143 e. The van der Waals surface area contributed by atoms with Gasteiger partial charge in [-0.2, -0.15) is 0 Å². The predicted octanol–water partition coefficient (Wildman–Crippen LogP) is 3.85. The number of aryl methyl sites for hydroxylation is 2. The minimum absolute atomic E-state index is 0.0977. The lowest BCUT2D eigenvalue weighted by molar-refractivity contribution is 0.209. The zero-order valence-electron chi connectivity index (χ0n) is 10.7. The van der Waals surface area contributed by atoms with Crippen LogP contribution in [0.3, 0.4) is 0 Å². The average Bonchev–Trinajstić information content (AvgIpc) is 2.39. The van der Waals surface area contributed by atoms with Gasteiger partial charge in [0.25, 0.3) is 0 Å². The monoisotopic (exact) mass is 239 g/mol. The van der Waals surface area contributed by atoms with Gasteiger partial charge in [-0.1, -0.05) is 36.4 Å². The van der Waals surface area contributed by atoms with Crippen molar-refractivity contribution in [2.24, 2.45) is 0 Å². The molecule has 0 fully saturated rings. The standard InChI is InChI=1S/C16H17NO/c1-11-6-3-4-8-13(11)15-10-17-16-12(2)7-5-9-14(16)18-15/h3-9,15,17H,10H2,1-2H3. The van der Waals surface area contributed by atoms with E-state index >= 15 is 0 Å². The van der Waals surface area contributed by atoms with E-state index in [1.807, 2.05) is 12.1 Å². The molecule has 1 atom stereocenters. The Balaban J connectivity index is 1.94. The number of para-hydroxylation sites is 1. The molecule has 0 saturated carbocycles. The molecule has 0 saturated heterocycles. The Labute approximate surface area is 108 Å². The molecular formula is C16H17NO. The summed E-state index contributed by atoms with van der Waals surface area (Å²) in [5, 5.41) is 3.48. The minimum atomic E-state index is 0.0977. The van der Waals surface area contributed by atoms with Crippen LogP contribution in [0, 0.1) is 13.8 Å². The number of hydrogen-bond acceptors (Lipinski definition) is 2. The highest BCUT2D eigenvalue weighted by atomic mass is 16.5. The van der Waals surface area contributed by atoms with Crippen LogP contribution in [0.5, 0.6) is 5.75 Å². The largest absolute Gasteiger partial charge is 0.482 e. The van der Waals surface area contributed by atoms with Gasteiger partial charge in [-0.15, -0.1) is 0 Å². The highest BCUT2D eigenvalue weighted by Gasteiger charge is 2.22. The Bertz CT molecular complexity index is 577. The second-order valence-electron chi connectivity index (χ2n) is 4.79. The molecule has 1 unspecified atom stereocenters. The molecule has 0 aliphatic carbocycles. The molecule has 2 nitrogen and oxygen atoms in total. The molecule has 0 radical (unpaired) electrons. The predicted molar refractivity (Wildman–Crippen MR) is 74.2 cm³/mol. The molecule has 18 heavy (non-hydrogen) atoms. The number of fused-ring (bicyclic) bond motifs is 1. The maximum absolute atomic E-state index is 6.12.